The zero-order chi connectivity index (χ0) is 30.7. The largest absolute Gasteiger partial charge is 0.460 e. The highest BCUT2D eigenvalue weighted by molar-refractivity contribution is 7.14. The maximum atomic E-state index is 14.0. The van der Waals surface area contributed by atoms with E-state index in [1.165, 1.54) is 30.3 Å². The predicted octanol–water partition coefficient (Wildman–Crippen LogP) is 7.76. The third-order valence-electron chi connectivity index (χ3n) is 4.80. The average Bonchev–Trinajstić information content (AvgIpc) is 3.26. The van der Waals surface area contributed by atoms with E-state index in [2.05, 4.69) is 4.98 Å². The fourth-order valence-electron chi connectivity index (χ4n) is 2.55. The van der Waals surface area contributed by atoms with Crippen molar-refractivity contribution in [2.24, 2.45) is 0 Å². The summed E-state index contributed by atoms with van der Waals surface area (Å²) in [5.74, 6) is -61.9. The molecule has 0 bridgehead atoms. The van der Waals surface area contributed by atoms with Crippen molar-refractivity contribution in [3.05, 3.63) is 35.7 Å². The number of alkyl halides is 17. The standard InChI is InChI=1S/C18H7F17N2OS/c19-11(20,9(38)37-10-36-8(6-39-10)7-4-2-1-3-5-7)12(21,22)13(23,24)14(25,26)15(27,28)16(29,30)17(31,32)18(33,34)35/h1-6H,(H,36,37,38). The van der Waals surface area contributed by atoms with Gasteiger partial charge in [-0.1, -0.05) is 30.3 Å². The fraction of sp³-hybridized carbons (Fsp3) is 0.444. The van der Waals surface area contributed by atoms with Crippen LogP contribution in [-0.4, -0.2) is 58.5 Å². The van der Waals surface area contributed by atoms with Gasteiger partial charge in [-0.25, -0.2) is 4.98 Å². The Morgan fingerprint density at radius 3 is 1.46 bits per heavy atom. The summed E-state index contributed by atoms with van der Waals surface area (Å²) in [7, 11) is 0. The highest BCUT2D eigenvalue weighted by Gasteiger charge is 2.95. The summed E-state index contributed by atoms with van der Waals surface area (Å²) in [6, 6.07) is 6.98. The molecule has 2 aromatic rings. The monoisotopic (exact) mass is 622 g/mol. The molecule has 0 saturated carbocycles. The second-order valence-corrected chi connectivity index (χ2v) is 8.23. The van der Waals surface area contributed by atoms with Crippen LogP contribution in [0.4, 0.5) is 79.8 Å². The topological polar surface area (TPSA) is 42.0 Å². The van der Waals surface area contributed by atoms with Gasteiger partial charge in [0.1, 0.15) is 0 Å². The SMILES string of the molecule is O=C(Nc1nc(-c2ccccc2)cs1)C(F)(F)C(F)(F)C(F)(F)C(F)(F)C(F)(F)C(F)(F)C(F)(F)C(F)(F)F. The molecular formula is C18H7F17N2OS. The second kappa shape index (κ2) is 9.36. The van der Waals surface area contributed by atoms with Gasteiger partial charge in [-0.3, -0.25) is 10.1 Å². The highest BCUT2D eigenvalue weighted by atomic mass is 32.1. The molecule has 21 heteroatoms. The van der Waals surface area contributed by atoms with E-state index in [4.69, 9.17) is 0 Å². The molecule has 220 valence electrons. The van der Waals surface area contributed by atoms with Gasteiger partial charge in [0, 0.05) is 10.9 Å². The molecule has 1 N–H and O–H groups in total. The van der Waals surface area contributed by atoms with Gasteiger partial charge in [-0.2, -0.15) is 74.6 Å². The third kappa shape index (κ3) is 4.64. The fourth-order valence-corrected chi connectivity index (χ4v) is 3.27. The van der Waals surface area contributed by atoms with Crippen LogP contribution in [0, 0.1) is 0 Å². The number of aromatic nitrogens is 1. The number of amides is 1. The lowest BCUT2D eigenvalue weighted by Crippen LogP contribution is -2.75. The van der Waals surface area contributed by atoms with Crippen LogP contribution in [0.1, 0.15) is 0 Å². The summed E-state index contributed by atoms with van der Waals surface area (Å²) in [6.07, 6.45) is -7.84. The molecule has 0 radical (unpaired) electrons. The maximum Gasteiger partial charge on any atom is 0.460 e. The van der Waals surface area contributed by atoms with Crippen molar-refractivity contribution >= 4 is 22.4 Å². The van der Waals surface area contributed by atoms with Crippen LogP contribution in [-0.2, 0) is 4.79 Å². The lowest BCUT2D eigenvalue weighted by molar-refractivity contribution is -0.459. The van der Waals surface area contributed by atoms with E-state index in [1.54, 1.807) is 0 Å². The zero-order valence-electron chi connectivity index (χ0n) is 17.7. The van der Waals surface area contributed by atoms with Gasteiger partial charge in [0.15, 0.2) is 5.13 Å². The minimum absolute atomic E-state index is 0.157. The molecule has 0 aliphatic heterocycles. The number of nitrogens with zero attached hydrogens (tertiary/aromatic N) is 1. The molecule has 0 saturated heterocycles. The van der Waals surface area contributed by atoms with Gasteiger partial charge in [-0.15, -0.1) is 11.3 Å². The minimum Gasteiger partial charge on any atom is -0.296 e. The highest BCUT2D eigenvalue weighted by Crippen LogP contribution is 2.64. The van der Waals surface area contributed by atoms with E-state index >= 15 is 0 Å². The van der Waals surface area contributed by atoms with Gasteiger partial charge in [0.05, 0.1) is 5.69 Å². The molecule has 0 unspecified atom stereocenters. The lowest BCUT2D eigenvalue weighted by atomic mass is 9.89. The van der Waals surface area contributed by atoms with Crippen molar-refractivity contribution in [3.63, 3.8) is 0 Å². The Bertz CT molecular complexity index is 1190. The smallest absolute Gasteiger partial charge is 0.296 e. The summed E-state index contributed by atoms with van der Waals surface area (Å²) >= 11 is 0.159. The minimum atomic E-state index is -8.77. The van der Waals surface area contributed by atoms with Crippen LogP contribution in [0.5, 0.6) is 0 Å². The van der Waals surface area contributed by atoms with E-state index in [1.807, 2.05) is 0 Å². The third-order valence-corrected chi connectivity index (χ3v) is 5.56. The number of benzene rings is 1. The summed E-state index contributed by atoms with van der Waals surface area (Å²) in [5.41, 5.74) is 0.0478. The molecule has 1 amide bonds. The number of hydrogen-bond acceptors (Lipinski definition) is 3. The van der Waals surface area contributed by atoms with Gasteiger partial charge in [-0.05, 0) is 0 Å². The normalized spacial score (nSPS) is 14.9. The Morgan fingerprint density at radius 1 is 0.615 bits per heavy atom. The predicted molar refractivity (Wildman–Crippen MR) is 96.9 cm³/mol. The Hall–Kier alpha value is -2.87. The Labute approximate surface area is 207 Å². The molecule has 0 fully saturated rings. The number of carbonyl (C=O) groups is 1. The quantitative estimate of drug-likeness (QED) is 0.291. The zero-order valence-corrected chi connectivity index (χ0v) is 18.5. The average molecular weight is 622 g/mol. The van der Waals surface area contributed by atoms with E-state index in [-0.39, 0.29) is 22.6 Å². The summed E-state index contributed by atoms with van der Waals surface area (Å²) in [4.78, 5) is 15.0. The first-order valence-corrected chi connectivity index (χ1v) is 10.1. The van der Waals surface area contributed by atoms with Gasteiger partial charge in [0.2, 0.25) is 0 Å². The lowest BCUT2D eigenvalue weighted by Gasteiger charge is -2.42. The van der Waals surface area contributed by atoms with Crippen LogP contribution in [0.25, 0.3) is 11.3 Å². The van der Waals surface area contributed by atoms with Crippen molar-refractivity contribution in [2.45, 2.75) is 47.6 Å². The van der Waals surface area contributed by atoms with Gasteiger partial charge in [0.25, 0.3) is 0 Å². The maximum absolute atomic E-state index is 14.0. The van der Waals surface area contributed by atoms with Crippen LogP contribution in [0.2, 0.25) is 0 Å². The van der Waals surface area contributed by atoms with Crippen LogP contribution < -0.4 is 5.32 Å². The number of thiazole rings is 1. The molecule has 0 atom stereocenters. The number of carbonyl (C=O) groups excluding carboxylic acids is 1. The number of anilines is 1. The Balaban J connectivity index is 2.47. The van der Waals surface area contributed by atoms with Crippen LogP contribution >= 0.6 is 11.3 Å². The van der Waals surface area contributed by atoms with Gasteiger partial charge >= 0.3 is 53.5 Å². The number of hydrogen-bond donors (Lipinski definition) is 1. The van der Waals surface area contributed by atoms with E-state index in [0.717, 1.165) is 10.7 Å². The first kappa shape index (κ1) is 32.3. The number of halogens is 17. The van der Waals surface area contributed by atoms with Crippen molar-refractivity contribution in [2.75, 3.05) is 5.32 Å². The second-order valence-electron chi connectivity index (χ2n) is 7.38. The molecule has 0 spiro atoms. The molecule has 39 heavy (non-hydrogen) atoms. The van der Waals surface area contributed by atoms with Crippen LogP contribution in [0.15, 0.2) is 35.7 Å². The number of rotatable bonds is 9. The first-order valence-electron chi connectivity index (χ1n) is 9.25. The van der Waals surface area contributed by atoms with E-state index in [0.29, 0.717) is 0 Å². The summed E-state index contributed by atoms with van der Waals surface area (Å²) < 4.78 is 226. The number of nitrogens with one attached hydrogen (secondary N) is 1. The van der Waals surface area contributed by atoms with Crippen molar-refractivity contribution in [3.8, 4) is 11.3 Å². The summed E-state index contributed by atoms with van der Waals surface area (Å²) in [6.45, 7) is 0. The van der Waals surface area contributed by atoms with E-state index in [9.17, 15) is 79.4 Å². The molecule has 1 aromatic carbocycles. The van der Waals surface area contributed by atoms with Crippen molar-refractivity contribution < 1.29 is 79.4 Å². The molecular weight excluding hydrogens is 615 g/mol. The van der Waals surface area contributed by atoms with Gasteiger partial charge < -0.3 is 0 Å². The summed E-state index contributed by atoms with van der Waals surface area (Å²) in [5, 5.41) is 0.645. The van der Waals surface area contributed by atoms with Crippen LogP contribution in [0.3, 0.4) is 0 Å². The molecule has 1 aromatic heterocycles. The molecule has 1 heterocycles. The molecule has 3 nitrogen and oxygen atoms in total. The van der Waals surface area contributed by atoms with E-state index < -0.39 is 58.7 Å². The first-order chi connectivity index (χ1) is 17.2. The Kier molecular flexibility index (Phi) is 7.76. The Morgan fingerprint density at radius 2 is 1.03 bits per heavy atom. The molecule has 2 rings (SSSR count). The molecule has 0 aliphatic carbocycles. The molecule has 0 aliphatic rings. The van der Waals surface area contributed by atoms with Crippen molar-refractivity contribution in [1.29, 1.82) is 0 Å². The van der Waals surface area contributed by atoms with Crippen molar-refractivity contribution in [1.82, 2.24) is 4.98 Å².